The number of nitrogens with zero attached hydrogens (tertiary/aromatic N) is 10. The number of ether oxygens (including phenoxy) is 1. The summed E-state index contributed by atoms with van der Waals surface area (Å²) in [5.74, 6) is -10.4. The minimum absolute atomic E-state index is 0.0216. The molecule has 0 aliphatic carbocycles. The number of unbranched alkanes of at least 4 members (excludes halogenated alkanes) is 1. The Hall–Kier alpha value is -6.86. The lowest BCUT2D eigenvalue weighted by molar-refractivity contribution is -0.157. The molecule has 0 radical (unpaired) electrons. The monoisotopic (exact) mass is 1290 g/mol. The zero-order chi connectivity index (χ0) is 70.2. The second-order valence-electron chi connectivity index (χ2n) is 26.6. The molecule has 0 saturated carbocycles. The minimum Gasteiger partial charge on any atom is -0.390 e. The number of hydrogen-bond acceptors (Lipinski definition) is 14. The van der Waals surface area contributed by atoms with Gasteiger partial charge in [0, 0.05) is 67.4 Å². The van der Waals surface area contributed by atoms with Gasteiger partial charge < -0.3 is 65.4 Å². The Bertz CT molecular complexity index is 2540. The largest absolute Gasteiger partial charge is 0.390 e. The molecule has 0 bridgehead atoms. The van der Waals surface area contributed by atoms with Gasteiger partial charge in [-0.05, 0) is 114 Å². The van der Waals surface area contributed by atoms with Crippen LogP contribution in [0.2, 0.25) is 0 Å². The van der Waals surface area contributed by atoms with Gasteiger partial charge in [0.25, 0.3) is 0 Å². The van der Waals surface area contributed by atoms with Gasteiger partial charge in [0.05, 0.1) is 18.8 Å². The standard InChI is InChI=1S/C64H114N14O13/c1-24-26-29-41(13)54(80)53-58(84)69-45(25-2)60(86)72(17)35-49(79)76(21)52(44(16)91-31-28-27-30-66-71-65)57(83)70-50(39(9)10)63(89)73(18)46(32-36(3)4)56(82)67-42(14)55(81)68-43(15)59(85)74(19)47(33-37(5)6)61(87)75(20)48(34-38(7)8)62(88)77(22)51(40(11)12)64(90)78(53)23/h24,26,36-48,50-54,80H,25,27-35H2,1-23H3,(H,67,82)(H,68,81)(H,69,84)(H,70,83)/b26-24+/t41-,42+,43-,44-,45+,46+,47+,48+,50+,51+,52+,53+,54-/m1/s1. The van der Waals surface area contributed by atoms with E-state index < -0.39 is 162 Å². The quantitative estimate of drug-likeness (QED) is 0.0382. The van der Waals surface area contributed by atoms with Gasteiger partial charge in [0.1, 0.15) is 60.4 Å². The average Bonchev–Trinajstić information content (AvgIpc) is 0.949. The maximum Gasteiger partial charge on any atom is 0.246 e. The fourth-order valence-electron chi connectivity index (χ4n) is 11.2. The van der Waals surface area contributed by atoms with Crippen molar-refractivity contribution in [3.8, 4) is 0 Å². The Balaban J connectivity index is 4.39. The lowest BCUT2D eigenvalue weighted by Crippen LogP contribution is -2.63. The van der Waals surface area contributed by atoms with Crippen molar-refractivity contribution in [2.75, 3.05) is 69.0 Å². The van der Waals surface area contributed by atoms with Gasteiger partial charge in [-0.1, -0.05) is 100 Å². The first-order valence-corrected chi connectivity index (χ1v) is 32.2. The number of aliphatic hydroxyl groups is 1. The molecule has 1 fully saturated rings. The highest BCUT2D eigenvalue weighted by atomic mass is 16.5. The number of rotatable bonds is 20. The topological polar surface area (TPSA) is 337 Å². The molecule has 1 aliphatic heterocycles. The maximum atomic E-state index is 15.2. The van der Waals surface area contributed by atoms with E-state index in [9.17, 15) is 48.3 Å². The van der Waals surface area contributed by atoms with E-state index in [4.69, 9.17) is 10.3 Å². The van der Waals surface area contributed by atoms with Gasteiger partial charge >= 0.3 is 0 Å². The minimum atomic E-state index is -1.65. The van der Waals surface area contributed by atoms with Crippen molar-refractivity contribution in [1.29, 1.82) is 0 Å². The van der Waals surface area contributed by atoms with Crippen molar-refractivity contribution in [3.05, 3.63) is 22.6 Å². The predicted molar refractivity (Wildman–Crippen MR) is 348 cm³/mol. The molecule has 518 valence electrons. The summed E-state index contributed by atoms with van der Waals surface area (Å²) in [4.78, 5) is 172. The van der Waals surface area contributed by atoms with Crippen LogP contribution >= 0.6 is 0 Å². The number of allylic oxidation sites excluding steroid dienone is 2. The zero-order valence-corrected chi connectivity index (χ0v) is 58.9. The van der Waals surface area contributed by atoms with E-state index in [1.54, 1.807) is 67.5 Å². The smallest absolute Gasteiger partial charge is 0.246 e. The number of amides is 11. The van der Waals surface area contributed by atoms with Gasteiger partial charge in [-0.3, -0.25) is 52.7 Å². The molecule has 13 atom stereocenters. The van der Waals surface area contributed by atoms with E-state index in [0.717, 1.165) is 14.7 Å². The van der Waals surface area contributed by atoms with Crippen LogP contribution in [0.15, 0.2) is 17.3 Å². The second-order valence-corrected chi connectivity index (χ2v) is 26.6. The highest BCUT2D eigenvalue weighted by molar-refractivity contribution is 5.99. The molecule has 0 aromatic heterocycles. The fraction of sp³-hybridized carbons (Fsp3) is 0.797. The molecule has 91 heavy (non-hydrogen) atoms. The van der Waals surface area contributed by atoms with Crippen molar-refractivity contribution in [2.45, 2.75) is 228 Å². The number of nitrogens with one attached hydrogen (secondary N) is 4. The second kappa shape index (κ2) is 38.9. The fourth-order valence-corrected chi connectivity index (χ4v) is 11.2. The van der Waals surface area contributed by atoms with Crippen LogP contribution in [-0.2, 0) is 57.5 Å². The van der Waals surface area contributed by atoms with Gasteiger partial charge in [0.2, 0.25) is 65.0 Å². The first kappa shape index (κ1) is 82.2. The molecule has 0 spiro atoms. The number of carbonyl (C=O) groups is 11. The van der Waals surface area contributed by atoms with Crippen molar-refractivity contribution >= 4 is 65.0 Å². The van der Waals surface area contributed by atoms with Gasteiger partial charge in [0.15, 0.2) is 0 Å². The number of carbonyl (C=O) groups excluding carboxylic acids is 11. The van der Waals surface area contributed by atoms with Gasteiger partial charge in [-0.25, -0.2) is 0 Å². The van der Waals surface area contributed by atoms with Crippen LogP contribution < -0.4 is 21.3 Å². The van der Waals surface area contributed by atoms with Crippen LogP contribution in [0.25, 0.3) is 10.4 Å². The molecule has 27 nitrogen and oxygen atoms in total. The number of hydrogen-bond donors (Lipinski definition) is 5. The van der Waals surface area contributed by atoms with Crippen molar-refractivity contribution in [2.24, 2.45) is 40.6 Å². The van der Waals surface area contributed by atoms with Gasteiger partial charge in [-0.15, -0.1) is 0 Å². The number of likely N-dealkylation sites (N-methyl/N-ethyl adjacent to an activating group) is 7. The third-order valence-corrected chi connectivity index (χ3v) is 16.8. The van der Waals surface area contributed by atoms with Crippen LogP contribution in [0.3, 0.4) is 0 Å². The Morgan fingerprint density at radius 1 is 0.560 bits per heavy atom. The van der Waals surface area contributed by atoms with Crippen molar-refractivity contribution < 1.29 is 62.6 Å². The first-order chi connectivity index (χ1) is 42.3. The molecule has 1 saturated heterocycles. The summed E-state index contributed by atoms with van der Waals surface area (Å²) in [7, 11) is 9.71. The Kier molecular flexibility index (Phi) is 35.1. The lowest BCUT2D eigenvalue weighted by atomic mass is 9.91. The first-order valence-electron chi connectivity index (χ1n) is 32.2. The third kappa shape index (κ3) is 24.0. The average molecular weight is 1290 g/mol. The van der Waals surface area contributed by atoms with E-state index in [2.05, 4.69) is 31.3 Å². The maximum absolute atomic E-state index is 15.2. The Morgan fingerprint density at radius 2 is 1.04 bits per heavy atom. The Labute approximate surface area is 541 Å². The van der Waals surface area contributed by atoms with Crippen LogP contribution in [0, 0.1) is 35.5 Å². The molecule has 11 amide bonds. The summed E-state index contributed by atoms with van der Waals surface area (Å²) < 4.78 is 6.12. The summed E-state index contributed by atoms with van der Waals surface area (Å²) in [5.41, 5.74) is 8.77. The summed E-state index contributed by atoms with van der Waals surface area (Å²) in [5, 5.41) is 26.6. The van der Waals surface area contributed by atoms with Crippen molar-refractivity contribution in [1.82, 2.24) is 55.6 Å². The number of aliphatic hydroxyl groups excluding tert-OH is 1. The normalized spacial score (nSPS) is 26.1. The lowest BCUT2D eigenvalue weighted by Gasteiger charge is -2.41. The highest BCUT2D eigenvalue weighted by Gasteiger charge is 2.46. The molecular formula is C64H114N14O13. The molecule has 1 heterocycles. The molecule has 5 N–H and O–H groups in total. The highest BCUT2D eigenvalue weighted by Crippen LogP contribution is 2.26. The molecule has 0 unspecified atom stereocenters. The zero-order valence-electron chi connectivity index (χ0n) is 58.9. The van der Waals surface area contributed by atoms with Gasteiger partial charge in [-0.2, -0.15) is 0 Å². The summed E-state index contributed by atoms with van der Waals surface area (Å²) in [6.45, 7) is 27.1. The van der Waals surface area contributed by atoms with Crippen molar-refractivity contribution in [3.63, 3.8) is 0 Å². The van der Waals surface area contributed by atoms with Crippen LogP contribution in [0.1, 0.15) is 156 Å². The van der Waals surface area contributed by atoms with E-state index in [0.29, 0.717) is 12.8 Å². The van der Waals surface area contributed by atoms with E-state index in [1.807, 2.05) is 41.5 Å². The van der Waals surface area contributed by atoms with Crippen LogP contribution in [0.4, 0.5) is 0 Å². The van der Waals surface area contributed by atoms with E-state index >= 15 is 9.59 Å². The number of azide groups is 1. The molecule has 27 heteroatoms. The SMILES string of the molecule is C/C=C/C[C@@H](C)[C@@H](O)[C@H]1C(=O)N[C@@H](CC)C(=O)N(C)CC(=O)N(C)[C@@H]([C@@H](C)OCCCCN=[N+]=[N-])C(=O)N[C@@H](C(C)C)C(=O)N(C)[C@@H](CC(C)C)C(=O)N[C@@H](C)C(=O)N[C@H](C)C(=O)N(C)[C@@H](CC(C)C)C(=O)N(C)[C@@H](CC(C)C)C(=O)N(C)[C@@H](C(C)C)C(=O)N1C. The van der Waals surface area contributed by atoms with Crippen LogP contribution in [0.5, 0.6) is 0 Å². The van der Waals surface area contributed by atoms with Crippen LogP contribution in [-0.4, -0.2) is 246 Å². The molecule has 0 aromatic rings. The summed E-state index contributed by atoms with van der Waals surface area (Å²) in [6, 6.07) is -13.0. The third-order valence-electron chi connectivity index (χ3n) is 16.8. The summed E-state index contributed by atoms with van der Waals surface area (Å²) in [6.07, 6.45) is 2.49. The molecular weight excluding hydrogens is 1170 g/mol. The van der Waals surface area contributed by atoms with E-state index in [1.165, 1.54) is 82.8 Å². The summed E-state index contributed by atoms with van der Waals surface area (Å²) >= 11 is 0. The predicted octanol–water partition coefficient (Wildman–Crippen LogP) is 3.72. The van der Waals surface area contributed by atoms with E-state index in [-0.39, 0.29) is 63.0 Å². The Morgan fingerprint density at radius 3 is 1.54 bits per heavy atom. The molecule has 0 aromatic carbocycles. The molecule has 1 rings (SSSR count). The molecule has 1 aliphatic rings.